The van der Waals surface area contributed by atoms with Crippen LogP contribution in [0.15, 0.2) is 34.7 Å². The topological polar surface area (TPSA) is 81.2 Å². The number of oxazole rings is 1. The summed E-state index contributed by atoms with van der Waals surface area (Å²) in [6, 6.07) is 9.60. The molecule has 1 amide bonds. The molecule has 1 unspecified atom stereocenters. The van der Waals surface area contributed by atoms with Crippen LogP contribution in [0.5, 0.6) is 0 Å². The van der Waals surface area contributed by atoms with Crippen molar-refractivity contribution in [2.24, 2.45) is 11.7 Å². The molecule has 5 nitrogen and oxygen atoms in total. The molecule has 1 fully saturated rings. The number of carbonyl (C=O) groups is 1. The van der Waals surface area contributed by atoms with E-state index in [0.29, 0.717) is 24.0 Å². The van der Waals surface area contributed by atoms with Crippen LogP contribution < -0.4 is 11.1 Å². The standard InChI is InChI=1S/C19H25N3O2.ClH/c1-13-17(24-19(21-13)15-10-6-3-7-11-15)18(23)22-16(12-20)14-8-4-2-5-9-14;/h3,6-7,10-11,14,16H,2,4-5,8-9,12,20H2,1H3,(H,22,23);1H. The van der Waals surface area contributed by atoms with Crippen LogP contribution in [-0.2, 0) is 0 Å². The highest BCUT2D eigenvalue weighted by atomic mass is 35.5. The number of rotatable bonds is 5. The molecule has 0 bridgehead atoms. The van der Waals surface area contributed by atoms with E-state index in [4.69, 9.17) is 10.2 Å². The zero-order valence-electron chi connectivity index (χ0n) is 14.5. The second-order valence-corrected chi connectivity index (χ2v) is 6.51. The summed E-state index contributed by atoms with van der Waals surface area (Å²) in [5.74, 6) is 0.996. The van der Waals surface area contributed by atoms with Gasteiger partial charge in [0.1, 0.15) is 0 Å². The molecule has 2 aromatic rings. The molecule has 1 atom stereocenters. The van der Waals surface area contributed by atoms with Gasteiger partial charge in [-0.15, -0.1) is 12.4 Å². The first kappa shape index (κ1) is 19.5. The zero-order chi connectivity index (χ0) is 16.9. The normalized spacial score (nSPS) is 16.1. The van der Waals surface area contributed by atoms with Crippen LogP contribution >= 0.6 is 12.4 Å². The van der Waals surface area contributed by atoms with Crippen molar-refractivity contribution in [1.29, 1.82) is 0 Å². The number of carbonyl (C=O) groups excluding carboxylic acids is 1. The third-order valence-electron chi connectivity index (χ3n) is 4.81. The Bertz CT molecular complexity index is 681. The monoisotopic (exact) mass is 363 g/mol. The van der Waals surface area contributed by atoms with Gasteiger partial charge in [-0.25, -0.2) is 4.98 Å². The summed E-state index contributed by atoms with van der Waals surface area (Å²) < 4.78 is 5.73. The molecule has 3 rings (SSSR count). The highest BCUT2D eigenvalue weighted by Crippen LogP contribution is 2.27. The van der Waals surface area contributed by atoms with E-state index in [2.05, 4.69) is 10.3 Å². The average molecular weight is 364 g/mol. The van der Waals surface area contributed by atoms with Gasteiger partial charge in [-0.05, 0) is 37.8 Å². The van der Waals surface area contributed by atoms with Gasteiger partial charge < -0.3 is 15.5 Å². The van der Waals surface area contributed by atoms with E-state index in [9.17, 15) is 4.79 Å². The van der Waals surface area contributed by atoms with Crippen LogP contribution in [0.4, 0.5) is 0 Å². The van der Waals surface area contributed by atoms with Crippen LogP contribution in [-0.4, -0.2) is 23.5 Å². The maximum Gasteiger partial charge on any atom is 0.289 e. The minimum atomic E-state index is -0.219. The van der Waals surface area contributed by atoms with E-state index in [0.717, 1.165) is 18.4 Å². The molecular formula is C19H26ClN3O2. The Balaban J connectivity index is 0.00000225. The van der Waals surface area contributed by atoms with Gasteiger partial charge in [0.15, 0.2) is 0 Å². The minimum absolute atomic E-state index is 0. The van der Waals surface area contributed by atoms with E-state index in [-0.39, 0.29) is 30.1 Å². The second-order valence-electron chi connectivity index (χ2n) is 6.51. The summed E-state index contributed by atoms with van der Waals surface area (Å²) in [4.78, 5) is 17.0. The van der Waals surface area contributed by atoms with E-state index in [1.165, 1.54) is 19.3 Å². The Labute approximate surface area is 154 Å². The molecular weight excluding hydrogens is 338 g/mol. The lowest BCUT2D eigenvalue weighted by atomic mass is 9.84. The number of amides is 1. The van der Waals surface area contributed by atoms with E-state index < -0.39 is 0 Å². The number of halogens is 1. The van der Waals surface area contributed by atoms with Crippen molar-refractivity contribution in [2.45, 2.75) is 45.1 Å². The quantitative estimate of drug-likeness (QED) is 0.848. The summed E-state index contributed by atoms with van der Waals surface area (Å²) in [5.41, 5.74) is 7.37. The summed E-state index contributed by atoms with van der Waals surface area (Å²) in [5, 5.41) is 3.06. The van der Waals surface area contributed by atoms with Gasteiger partial charge in [0.05, 0.1) is 5.69 Å². The van der Waals surface area contributed by atoms with Gasteiger partial charge in [-0.1, -0.05) is 37.5 Å². The lowest BCUT2D eigenvalue weighted by Crippen LogP contribution is -2.46. The zero-order valence-corrected chi connectivity index (χ0v) is 15.3. The second kappa shape index (κ2) is 9.02. The predicted octanol–water partition coefficient (Wildman–Crippen LogP) is 3.71. The summed E-state index contributed by atoms with van der Waals surface area (Å²) in [6.45, 7) is 2.25. The molecule has 25 heavy (non-hydrogen) atoms. The maximum atomic E-state index is 12.6. The highest BCUT2D eigenvalue weighted by Gasteiger charge is 2.26. The predicted molar refractivity (Wildman–Crippen MR) is 101 cm³/mol. The Morgan fingerprint density at radius 1 is 1.28 bits per heavy atom. The lowest BCUT2D eigenvalue weighted by molar-refractivity contribution is 0.0887. The number of aromatic nitrogens is 1. The van der Waals surface area contributed by atoms with Crippen LogP contribution in [0.2, 0.25) is 0 Å². The van der Waals surface area contributed by atoms with Gasteiger partial charge >= 0.3 is 0 Å². The highest BCUT2D eigenvalue weighted by molar-refractivity contribution is 5.93. The molecule has 0 aliphatic heterocycles. The Morgan fingerprint density at radius 2 is 1.96 bits per heavy atom. The molecule has 3 N–H and O–H groups in total. The van der Waals surface area contributed by atoms with Gasteiger partial charge in [-0.2, -0.15) is 0 Å². The SMILES string of the molecule is Cc1nc(-c2ccccc2)oc1C(=O)NC(CN)C1CCCCC1.Cl. The number of hydrogen-bond donors (Lipinski definition) is 2. The van der Waals surface area contributed by atoms with Crippen molar-refractivity contribution in [3.05, 3.63) is 41.8 Å². The fourth-order valence-corrected chi connectivity index (χ4v) is 3.45. The number of benzene rings is 1. The number of nitrogens with zero attached hydrogens (tertiary/aromatic N) is 1. The average Bonchev–Trinajstić information content (AvgIpc) is 3.03. The van der Waals surface area contributed by atoms with Gasteiger partial charge in [-0.3, -0.25) is 4.79 Å². The molecule has 6 heteroatoms. The van der Waals surface area contributed by atoms with Crippen molar-refractivity contribution in [1.82, 2.24) is 10.3 Å². The van der Waals surface area contributed by atoms with Crippen LogP contribution in [0.3, 0.4) is 0 Å². The molecule has 1 aromatic heterocycles. The van der Waals surface area contributed by atoms with Crippen molar-refractivity contribution in [3.63, 3.8) is 0 Å². The minimum Gasteiger partial charge on any atom is -0.431 e. The number of nitrogens with two attached hydrogens (primary N) is 1. The molecule has 1 saturated carbocycles. The molecule has 0 spiro atoms. The van der Waals surface area contributed by atoms with Crippen LogP contribution in [0, 0.1) is 12.8 Å². The first-order valence-corrected chi connectivity index (χ1v) is 8.73. The smallest absolute Gasteiger partial charge is 0.289 e. The Hall–Kier alpha value is -1.85. The molecule has 1 heterocycles. The molecule has 1 aromatic carbocycles. The van der Waals surface area contributed by atoms with E-state index >= 15 is 0 Å². The van der Waals surface area contributed by atoms with Gasteiger partial charge in [0.25, 0.3) is 5.91 Å². The fourth-order valence-electron chi connectivity index (χ4n) is 3.45. The number of aryl methyl sites for hydroxylation is 1. The first-order chi connectivity index (χ1) is 11.7. The van der Waals surface area contributed by atoms with Crippen LogP contribution in [0.25, 0.3) is 11.5 Å². The summed E-state index contributed by atoms with van der Waals surface area (Å²) in [7, 11) is 0. The molecule has 136 valence electrons. The van der Waals surface area contributed by atoms with Crippen molar-refractivity contribution >= 4 is 18.3 Å². The lowest BCUT2D eigenvalue weighted by Gasteiger charge is -2.29. The van der Waals surface area contributed by atoms with Gasteiger partial charge in [0, 0.05) is 18.2 Å². The Kier molecular flexibility index (Phi) is 7.02. The first-order valence-electron chi connectivity index (χ1n) is 8.73. The van der Waals surface area contributed by atoms with Gasteiger partial charge in [0.2, 0.25) is 11.7 Å². The van der Waals surface area contributed by atoms with E-state index in [1.54, 1.807) is 6.92 Å². The molecule has 1 aliphatic carbocycles. The molecule has 0 radical (unpaired) electrons. The third kappa shape index (κ3) is 4.61. The number of nitrogens with one attached hydrogen (secondary N) is 1. The largest absolute Gasteiger partial charge is 0.431 e. The summed E-state index contributed by atoms with van der Waals surface area (Å²) >= 11 is 0. The third-order valence-corrected chi connectivity index (χ3v) is 4.81. The van der Waals surface area contributed by atoms with E-state index in [1.807, 2.05) is 30.3 Å². The van der Waals surface area contributed by atoms with Crippen molar-refractivity contribution < 1.29 is 9.21 Å². The molecule has 0 saturated heterocycles. The Morgan fingerprint density at radius 3 is 2.60 bits per heavy atom. The summed E-state index contributed by atoms with van der Waals surface area (Å²) in [6.07, 6.45) is 5.98. The molecule has 1 aliphatic rings. The van der Waals surface area contributed by atoms with Crippen molar-refractivity contribution in [3.8, 4) is 11.5 Å². The van der Waals surface area contributed by atoms with Crippen LogP contribution in [0.1, 0.15) is 48.4 Å². The number of hydrogen-bond acceptors (Lipinski definition) is 4. The maximum absolute atomic E-state index is 12.6. The fraction of sp³-hybridized carbons (Fsp3) is 0.474. The van der Waals surface area contributed by atoms with Crippen molar-refractivity contribution in [2.75, 3.05) is 6.54 Å².